The normalized spacial score (nSPS) is 15.5. The van der Waals surface area contributed by atoms with Crippen molar-refractivity contribution in [2.24, 2.45) is 5.92 Å². The van der Waals surface area contributed by atoms with E-state index in [-0.39, 0.29) is 5.91 Å². The second-order valence-corrected chi connectivity index (χ2v) is 6.58. The Labute approximate surface area is 142 Å². The Kier molecular flexibility index (Phi) is 4.83. The highest BCUT2D eigenvalue weighted by molar-refractivity contribution is 5.96. The molecule has 0 aromatic carbocycles. The first-order valence-electron chi connectivity index (χ1n) is 8.45. The minimum Gasteiger partial charge on any atom is -0.361 e. The largest absolute Gasteiger partial charge is 0.361 e. The van der Waals surface area contributed by atoms with Gasteiger partial charge in [0, 0.05) is 25.8 Å². The van der Waals surface area contributed by atoms with Crippen molar-refractivity contribution in [3.8, 4) is 0 Å². The van der Waals surface area contributed by atoms with Gasteiger partial charge in [-0.15, -0.1) is 0 Å². The van der Waals surface area contributed by atoms with Crippen LogP contribution in [-0.2, 0) is 6.54 Å². The van der Waals surface area contributed by atoms with Gasteiger partial charge in [-0.05, 0) is 44.2 Å². The molecule has 1 fully saturated rings. The number of anilines is 1. The molecule has 128 valence electrons. The van der Waals surface area contributed by atoms with Crippen molar-refractivity contribution in [1.29, 1.82) is 0 Å². The zero-order valence-corrected chi connectivity index (χ0v) is 14.5. The fraction of sp³-hybridized carbons (Fsp3) is 0.500. The highest BCUT2D eigenvalue weighted by Gasteiger charge is 2.18. The number of carbonyl (C=O) groups excluding carboxylic acids is 1. The molecule has 24 heavy (non-hydrogen) atoms. The minimum absolute atomic E-state index is 0.166. The zero-order valence-electron chi connectivity index (χ0n) is 14.5. The van der Waals surface area contributed by atoms with Crippen molar-refractivity contribution >= 4 is 11.7 Å². The number of carbonyl (C=O) groups is 1. The van der Waals surface area contributed by atoms with Gasteiger partial charge in [0.15, 0.2) is 0 Å². The predicted molar refractivity (Wildman–Crippen MR) is 92.0 cm³/mol. The van der Waals surface area contributed by atoms with Crippen LogP contribution in [0.4, 0.5) is 5.82 Å². The number of nitrogens with one attached hydrogen (secondary N) is 1. The molecule has 1 amide bonds. The van der Waals surface area contributed by atoms with Crippen LogP contribution in [0.1, 0.15) is 47.1 Å². The number of rotatable bonds is 4. The molecule has 2 aromatic heterocycles. The van der Waals surface area contributed by atoms with Gasteiger partial charge in [0.05, 0.1) is 5.69 Å². The number of hydrogen-bond donors (Lipinski definition) is 1. The summed E-state index contributed by atoms with van der Waals surface area (Å²) in [6, 6.07) is 4.06. The van der Waals surface area contributed by atoms with Crippen molar-refractivity contribution in [3.05, 3.63) is 40.9 Å². The number of hydrogen-bond acceptors (Lipinski definition) is 5. The summed E-state index contributed by atoms with van der Waals surface area (Å²) >= 11 is 0. The maximum Gasteiger partial charge on any atom is 0.257 e. The molecule has 6 heteroatoms. The smallest absolute Gasteiger partial charge is 0.257 e. The van der Waals surface area contributed by atoms with Crippen molar-refractivity contribution in [1.82, 2.24) is 15.5 Å². The van der Waals surface area contributed by atoms with E-state index in [0.717, 1.165) is 30.4 Å². The Bertz CT molecular complexity index is 681. The Balaban J connectivity index is 1.57. The molecular formula is C18H24N4O2. The number of amides is 1. The Morgan fingerprint density at radius 2 is 2.08 bits per heavy atom. The fourth-order valence-electron chi connectivity index (χ4n) is 3.02. The van der Waals surface area contributed by atoms with Gasteiger partial charge in [-0.3, -0.25) is 4.79 Å². The highest BCUT2D eigenvalue weighted by Crippen LogP contribution is 2.21. The molecule has 1 aliphatic heterocycles. The SMILES string of the molecule is Cc1noc(C)c1C(=O)NCc1ccc(N2CCC(C)CC2)nc1. The third kappa shape index (κ3) is 3.58. The summed E-state index contributed by atoms with van der Waals surface area (Å²) in [7, 11) is 0. The van der Waals surface area contributed by atoms with Gasteiger partial charge in [-0.1, -0.05) is 18.1 Å². The summed E-state index contributed by atoms with van der Waals surface area (Å²) in [5.41, 5.74) is 2.10. The molecule has 0 atom stereocenters. The van der Waals surface area contributed by atoms with Crippen LogP contribution < -0.4 is 10.2 Å². The lowest BCUT2D eigenvalue weighted by Gasteiger charge is -2.31. The van der Waals surface area contributed by atoms with Crippen LogP contribution in [0.5, 0.6) is 0 Å². The van der Waals surface area contributed by atoms with Crippen LogP contribution in [0, 0.1) is 19.8 Å². The van der Waals surface area contributed by atoms with E-state index in [1.54, 1.807) is 13.8 Å². The molecule has 6 nitrogen and oxygen atoms in total. The number of aryl methyl sites for hydroxylation is 2. The van der Waals surface area contributed by atoms with Gasteiger partial charge in [0.25, 0.3) is 5.91 Å². The molecule has 1 saturated heterocycles. The number of aromatic nitrogens is 2. The monoisotopic (exact) mass is 328 g/mol. The number of piperidine rings is 1. The van der Waals surface area contributed by atoms with Crippen molar-refractivity contribution in [2.45, 2.75) is 40.2 Å². The van der Waals surface area contributed by atoms with E-state index in [0.29, 0.717) is 23.6 Å². The Hall–Kier alpha value is -2.37. The molecule has 3 rings (SSSR count). The predicted octanol–water partition coefficient (Wildman–Crippen LogP) is 2.85. The Morgan fingerprint density at radius 3 is 2.67 bits per heavy atom. The lowest BCUT2D eigenvalue weighted by atomic mass is 9.99. The van der Waals surface area contributed by atoms with Crippen LogP contribution in [0.15, 0.2) is 22.9 Å². The molecule has 0 bridgehead atoms. The van der Waals surface area contributed by atoms with Gasteiger partial charge < -0.3 is 14.7 Å². The van der Waals surface area contributed by atoms with E-state index in [9.17, 15) is 4.79 Å². The highest BCUT2D eigenvalue weighted by atomic mass is 16.5. The number of nitrogens with zero attached hydrogens (tertiary/aromatic N) is 3. The van der Waals surface area contributed by atoms with Gasteiger partial charge in [0.2, 0.25) is 0 Å². The maximum absolute atomic E-state index is 12.2. The van der Waals surface area contributed by atoms with E-state index in [2.05, 4.69) is 27.3 Å². The summed E-state index contributed by atoms with van der Waals surface area (Å²) < 4.78 is 5.03. The number of pyridine rings is 1. The first-order valence-corrected chi connectivity index (χ1v) is 8.45. The molecule has 0 aliphatic carbocycles. The average Bonchev–Trinajstić information content (AvgIpc) is 2.93. The molecule has 1 N–H and O–H groups in total. The summed E-state index contributed by atoms with van der Waals surface area (Å²) in [6.45, 7) is 8.38. The van der Waals surface area contributed by atoms with E-state index in [1.807, 2.05) is 18.3 Å². The lowest BCUT2D eigenvalue weighted by molar-refractivity contribution is 0.0949. The van der Waals surface area contributed by atoms with Crippen LogP contribution in [-0.4, -0.2) is 29.1 Å². The van der Waals surface area contributed by atoms with Gasteiger partial charge in [-0.2, -0.15) is 0 Å². The summed E-state index contributed by atoms with van der Waals surface area (Å²) in [5.74, 6) is 2.20. The molecule has 0 spiro atoms. The standard InChI is InChI=1S/C18H24N4O2/c1-12-6-8-22(9-7-12)16-5-4-15(10-19-16)11-20-18(23)17-13(2)21-24-14(17)3/h4-5,10,12H,6-9,11H2,1-3H3,(H,20,23). The second-order valence-electron chi connectivity index (χ2n) is 6.58. The summed E-state index contributed by atoms with van der Waals surface area (Å²) in [4.78, 5) is 19.1. The van der Waals surface area contributed by atoms with Crippen LogP contribution >= 0.6 is 0 Å². The first kappa shape index (κ1) is 16.5. The maximum atomic E-state index is 12.2. The topological polar surface area (TPSA) is 71.3 Å². The fourth-order valence-corrected chi connectivity index (χ4v) is 3.02. The summed E-state index contributed by atoms with van der Waals surface area (Å²) in [6.07, 6.45) is 4.27. The summed E-state index contributed by atoms with van der Waals surface area (Å²) in [5, 5.41) is 6.70. The van der Waals surface area contributed by atoms with Crippen LogP contribution in [0.3, 0.4) is 0 Å². The molecular weight excluding hydrogens is 304 g/mol. The first-order chi connectivity index (χ1) is 11.5. The average molecular weight is 328 g/mol. The van der Waals surface area contributed by atoms with E-state index in [4.69, 9.17) is 4.52 Å². The van der Waals surface area contributed by atoms with Gasteiger partial charge in [0.1, 0.15) is 17.1 Å². The van der Waals surface area contributed by atoms with Crippen molar-refractivity contribution in [2.75, 3.05) is 18.0 Å². The van der Waals surface area contributed by atoms with Crippen LogP contribution in [0.2, 0.25) is 0 Å². The third-order valence-electron chi connectivity index (χ3n) is 4.63. The molecule has 0 saturated carbocycles. The molecule has 1 aliphatic rings. The third-order valence-corrected chi connectivity index (χ3v) is 4.63. The van der Waals surface area contributed by atoms with E-state index in [1.165, 1.54) is 12.8 Å². The Morgan fingerprint density at radius 1 is 1.33 bits per heavy atom. The quantitative estimate of drug-likeness (QED) is 0.934. The molecule has 0 radical (unpaired) electrons. The lowest BCUT2D eigenvalue weighted by Crippen LogP contribution is -2.33. The van der Waals surface area contributed by atoms with Crippen LogP contribution in [0.25, 0.3) is 0 Å². The van der Waals surface area contributed by atoms with E-state index < -0.39 is 0 Å². The molecule has 2 aromatic rings. The van der Waals surface area contributed by atoms with Gasteiger partial charge in [-0.25, -0.2) is 4.98 Å². The van der Waals surface area contributed by atoms with E-state index >= 15 is 0 Å². The van der Waals surface area contributed by atoms with Gasteiger partial charge >= 0.3 is 0 Å². The zero-order chi connectivity index (χ0) is 17.1. The van der Waals surface area contributed by atoms with Crippen molar-refractivity contribution < 1.29 is 9.32 Å². The molecule has 3 heterocycles. The van der Waals surface area contributed by atoms with Crippen molar-refractivity contribution in [3.63, 3.8) is 0 Å². The minimum atomic E-state index is -0.166. The molecule has 0 unspecified atom stereocenters. The second kappa shape index (κ2) is 7.03.